The predicted octanol–water partition coefficient (Wildman–Crippen LogP) is 3.14. The SMILES string of the molecule is CC1Cc2nc(N)nn2CC1c1cccc(Cl)c1Cl. The number of nitrogen functional groups attached to an aromatic ring is 1. The van der Waals surface area contributed by atoms with Crippen molar-refractivity contribution in [2.75, 3.05) is 5.73 Å². The van der Waals surface area contributed by atoms with Gasteiger partial charge in [-0.1, -0.05) is 42.3 Å². The fourth-order valence-electron chi connectivity index (χ4n) is 2.70. The summed E-state index contributed by atoms with van der Waals surface area (Å²) in [6.45, 7) is 2.93. The molecular weight excluding hydrogens is 283 g/mol. The summed E-state index contributed by atoms with van der Waals surface area (Å²) in [4.78, 5) is 4.24. The Morgan fingerprint density at radius 1 is 1.37 bits per heavy atom. The maximum absolute atomic E-state index is 6.32. The zero-order valence-electron chi connectivity index (χ0n) is 10.5. The number of nitrogens with two attached hydrogens (primary N) is 1. The topological polar surface area (TPSA) is 56.7 Å². The van der Waals surface area contributed by atoms with Gasteiger partial charge < -0.3 is 5.73 Å². The minimum Gasteiger partial charge on any atom is -0.366 e. The van der Waals surface area contributed by atoms with Gasteiger partial charge in [0.15, 0.2) is 0 Å². The fourth-order valence-corrected chi connectivity index (χ4v) is 3.15. The van der Waals surface area contributed by atoms with E-state index >= 15 is 0 Å². The highest BCUT2D eigenvalue weighted by Gasteiger charge is 2.30. The molecule has 6 heteroatoms. The van der Waals surface area contributed by atoms with E-state index in [-0.39, 0.29) is 5.92 Å². The predicted molar refractivity (Wildman–Crippen MR) is 76.5 cm³/mol. The quantitative estimate of drug-likeness (QED) is 0.879. The van der Waals surface area contributed by atoms with Crippen LogP contribution in [0.2, 0.25) is 10.0 Å². The molecule has 100 valence electrons. The Hall–Kier alpha value is -1.26. The number of benzene rings is 1. The van der Waals surface area contributed by atoms with Crippen molar-refractivity contribution in [1.82, 2.24) is 14.8 Å². The molecule has 0 radical (unpaired) electrons. The van der Waals surface area contributed by atoms with Crippen molar-refractivity contribution < 1.29 is 0 Å². The molecule has 3 rings (SSSR count). The number of hydrogen-bond donors (Lipinski definition) is 1. The van der Waals surface area contributed by atoms with Crippen LogP contribution < -0.4 is 5.73 Å². The summed E-state index contributed by atoms with van der Waals surface area (Å²) in [5.74, 6) is 1.98. The Balaban J connectivity index is 2.00. The molecule has 1 aliphatic heterocycles. The van der Waals surface area contributed by atoms with Gasteiger partial charge in [0.25, 0.3) is 0 Å². The molecule has 0 aliphatic carbocycles. The van der Waals surface area contributed by atoms with E-state index in [0.717, 1.165) is 24.4 Å². The molecule has 0 saturated heterocycles. The van der Waals surface area contributed by atoms with E-state index in [4.69, 9.17) is 28.9 Å². The molecule has 4 nitrogen and oxygen atoms in total. The summed E-state index contributed by atoms with van der Waals surface area (Å²) in [5.41, 5.74) is 6.72. The zero-order chi connectivity index (χ0) is 13.6. The number of aromatic nitrogens is 3. The third-order valence-electron chi connectivity index (χ3n) is 3.71. The Morgan fingerprint density at radius 2 is 2.16 bits per heavy atom. The highest BCUT2D eigenvalue weighted by Crippen LogP contribution is 2.38. The molecule has 2 unspecified atom stereocenters. The molecule has 1 aliphatic rings. The first-order chi connectivity index (χ1) is 9.06. The Bertz CT molecular complexity index is 623. The van der Waals surface area contributed by atoms with E-state index in [9.17, 15) is 0 Å². The number of fused-ring (bicyclic) bond motifs is 1. The summed E-state index contributed by atoms with van der Waals surface area (Å²) in [7, 11) is 0. The second-order valence-electron chi connectivity index (χ2n) is 5.00. The normalized spacial score (nSPS) is 22.3. The number of rotatable bonds is 1. The van der Waals surface area contributed by atoms with Crippen LogP contribution in [-0.2, 0) is 13.0 Å². The summed E-state index contributed by atoms with van der Waals surface area (Å²) >= 11 is 12.4. The van der Waals surface area contributed by atoms with E-state index in [2.05, 4.69) is 17.0 Å². The van der Waals surface area contributed by atoms with Crippen molar-refractivity contribution in [3.05, 3.63) is 39.6 Å². The molecule has 1 aromatic carbocycles. The second-order valence-corrected chi connectivity index (χ2v) is 5.78. The van der Waals surface area contributed by atoms with Crippen molar-refractivity contribution in [1.29, 1.82) is 0 Å². The molecule has 0 amide bonds. The van der Waals surface area contributed by atoms with Crippen LogP contribution >= 0.6 is 23.2 Å². The van der Waals surface area contributed by atoms with E-state index in [1.165, 1.54) is 0 Å². The molecule has 0 saturated carbocycles. The molecule has 0 spiro atoms. The summed E-state index contributed by atoms with van der Waals surface area (Å²) in [5, 5.41) is 5.45. The van der Waals surface area contributed by atoms with Gasteiger partial charge in [0, 0.05) is 12.3 Å². The highest BCUT2D eigenvalue weighted by atomic mass is 35.5. The van der Waals surface area contributed by atoms with Gasteiger partial charge in [0.05, 0.1) is 16.6 Å². The summed E-state index contributed by atoms with van der Waals surface area (Å²) < 4.78 is 1.87. The Labute approximate surface area is 121 Å². The molecular formula is C13H14Cl2N4. The maximum Gasteiger partial charge on any atom is 0.239 e. The van der Waals surface area contributed by atoms with Crippen molar-refractivity contribution in [2.24, 2.45) is 5.92 Å². The van der Waals surface area contributed by atoms with Crippen LogP contribution in [-0.4, -0.2) is 14.8 Å². The lowest BCUT2D eigenvalue weighted by atomic mass is 9.83. The van der Waals surface area contributed by atoms with Gasteiger partial charge >= 0.3 is 0 Å². The van der Waals surface area contributed by atoms with E-state index in [1.54, 1.807) is 6.07 Å². The number of anilines is 1. The van der Waals surface area contributed by atoms with Gasteiger partial charge in [-0.3, -0.25) is 0 Å². The van der Waals surface area contributed by atoms with Crippen LogP contribution in [0.4, 0.5) is 5.95 Å². The van der Waals surface area contributed by atoms with Crippen LogP contribution in [0.5, 0.6) is 0 Å². The van der Waals surface area contributed by atoms with Crippen molar-refractivity contribution >= 4 is 29.2 Å². The lowest BCUT2D eigenvalue weighted by Crippen LogP contribution is -2.27. The van der Waals surface area contributed by atoms with Crippen LogP contribution in [0.1, 0.15) is 24.2 Å². The lowest BCUT2D eigenvalue weighted by molar-refractivity contribution is 0.330. The number of halogens is 2. The van der Waals surface area contributed by atoms with E-state index in [1.807, 2.05) is 16.8 Å². The van der Waals surface area contributed by atoms with Crippen LogP contribution in [0.15, 0.2) is 18.2 Å². The van der Waals surface area contributed by atoms with Crippen LogP contribution in [0.3, 0.4) is 0 Å². The van der Waals surface area contributed by atoms with Gasteiger partial charge in [-0.25, -0.2) is 4.68 Å². The third-order valence-corrected chi connectivity index (χ3v) is 4.54. The van der Waals surface area contributed by atoms with Gasteiger partial charge in [-0.15, -0.1) is 5.10 Å². The van der Waals surface area contributed by atoms with Crippen molar-refractivity contribution in [2.45, 2.75) is 25.8 Å². The summed E-state index contributed by atoms with van der Waals surface area (Å²) in [6.07, 6.45) is 0.845. The molecule has 2 heterocycles. The molecule has 0 fully saturated rings. The summed E-state index contributed by atoms with van der Waals surface area (Å²) in [6, 6.07) is 5.77. The van der Waals surface area contributed by atoms with Crippen LogP contribution in [0, 0.1) is 5.92 Å². The van der Waals surface area contributed by atoms with Gasteiger partial charge in [0.1, 0.15) is 5.82 Å². The molecule has 2 N–H and O–H groups in total. The average molecular weight is 297 g/mol. The fraction of sp³-hybridized carbons (Fsp3) is 0.385. The Morgan fingerprint density at radius 3 is 2.95 bits per heavy atom. The number of hydrogen-bond acceptors (Lipinski definition) is 3. The minimum atomic E-state index is 0.278. The zero-order valence-corrected chi connectivity index (χ0v) is 12.0. The monoisotopic (exact) mass is 296 g/mol. The minimum absolute atomic E-state index is 0.278. The largest absolute Gasteiger partial charge is 0.366 e. The first-order valence-corrected chi connectivity index (χ1v) is 6.95. The lowest BCUT2D eigenvalue weighted by Gasteiger charge is -2.29. The maximum atomic E-state index is 6.32. The first kappa shape index (κ1) is 12.8. The first-order valence-electron chi connectivity index (χ1n) is 6.19. The highest BCUT2D eigenvalue weighted by molar-refractivity contribution is 6.42. The molecule has 2 aromatic rings. The third kappa shape index (κ3) is 2.19. The van der Waals surface area contributed by atoms with Gasteiger partial charge in [-0.05, 0) is 17.5 Å². The van der Waals surface area contributed by atoms with E-state index < -0.39 is 0 Å². The smallest absolute Gasteiger partial charge is 0.239 e. The standard InChI is InChI=1S/C13H14Cl2N4/c1-7-5-11-17-13(16)18-19(11)6-9(7)8-3-2-4-10(14)12(8)15/h2-4,7,9H,5-6H2,1H3,(H2,16,18). The number of nitrogens with zero attached hydrogens (tertiary/aromatic N) is 3. The van der Waals surface area contributed by atoms with Gasteiger partial charge in [-0.2, -0.15) is 4.98 Å². The molecule has 1 aromatic heterocycles. The average Bonchev–Trinajstić information content (AvgIpc) is 2.71. The molecule has 2 atom stereocenters. The Kier molecular flexibility index (Phi) is 3.15. The molecule has 0 bridgehead atoms. The van der Waals surface area contributed by atoms with E-state index in [0.29, 0.717) is 21.9 Å². The van der Waals surface area contributed by atoms with Crippen LogP contribution in [0.25, 0.3) is 0 Å². The van der Waals surface area contributed by atoms with Crippen molar-refractivity contribution in [3.8, 4) is 0 Å². The second kappa shape index (κ2) is 4.69. The molecule has 19 heavy (non-hydrogen) atoms. The van der Waals surface area contributed by atoms with Crippen molar-refractivity contribution in [3.63, 3.8) is 0 Å². The van der Waals surface area contributed by atoms with Gasteiger partial charge in [0.2, 0.25) is 5.95 Å².